The van der Waals surface area contributed by atoms with Gasteiger partial charge >= 0.3 is 5.97 Å². The van der Waals surface area contributed by atoms with Crippen molar-refractivity contribution in [3.8, 4) is 6.07 Å². The van der Waals surface area contributed by atoms with Gasteiger partial charge in [-0.3, -0.25) is 4.79 Å². The fraction of sp³-hybridized carbons (Fsp3) is 0.385. The van der Waals surface area contributed by atoms with Crippen LogP contribution in [0.5, 0.6) is 0 Å². The van der Waals surface area contributed by atoms with Gasteiger partial charge in [-0.25, -0.2) is 0 Å². The topological polar surface area (TPSA) is 62.1 Å². The molecule has 1 aromatic carbocycles. The normalized spacial score (nSPS) is 11.6. The van der Waals surface area contributed by atoms with Crippen LogP contribution in [0.15, 0.2) is 24.3 Å². The third-order valence-corrected chi connectivity index (χ3v) is 2.51. The third kappa shape index (κ3) is 3.58. The van der Waals surface area contributed by atoms with Gasteiger partial charge in [-0.2, -0.15) is 5.26 Å². The van der Waals surface area contributed by atoms with Crippen LogP contribution in [-0.4, -0.2) is 19.6 Å². The first-order valence-electron chi connectivity index (χ1n) is 5.52. The lowest BCUT2D eigenvalue weighted by Crippen LogP contribution is -2.24. The minimum absolute atomic E-state index is 0.178. The second-order valence-electron chi connectivity index (χ2n) is 3.59. The minimum Gasteiger partial charge on any atom is -0.469 e. The molecule has 0 bridgehead atoms. The maximum Gasteiger partial charge on any atom is 0.307 e. The van der Waals surface area contributed by atoms with Crippen molar-refractivity contribution < 1.29 is 9.53 Å². The van der Waals surface area contributed by atoms with Gasteiger partial charge in [0.1, 0.15) is 0 Å². The van der Waals surface area contributed by atoms with Crippen LogP contribution in [0, 0.1) is 11.3 Å². The number of esters is 1. The molecule has 4 nitrogen and oxygen atoms in total. The van der Waals surface area contributed by atoms with Crippen LogP contribution in [-0.2, 0) is 9.53 Å². The molecule has 0 fully saturated rings. The van der Waals surface area contributed by atoms with Crippen LogP contribution in [0.2, 0.25) is 0 Å². The Morgan fingerprint density at radius 3 is 2.82 bits per heavy atom. The van der Waals surface area contributed by atoms with Crippen molar-refractivity contribution in [1.82, 2.24) is 5.32 Å². The predicted octanol–water partition coefficient (Wildman–Crippen LogP) is 1.77. The Kier molecular flexibility index (Phi) is 5.18. The van der Waals surface area contributed by atoms with Gasteiger partial charge in [-0.15, -0.1) is 0 Å². The molecule has 1 rings (SSSR count). The van der Waals surface area contributed by atoms with Gasteiger partial charge in [0, 0.05) is 6.04 Å². The molecule has 0 spiro atoms. The van der Waals surface area contributed by atoms with Crippen molar-refractivity contribution in [2.45, 2.75) is 19.4 Å². The van der Waals surface area contributed by atoms with E-state index in [9.17, 15) is 4.79 Å². The average Bonchev–Trinajstić information content (AvgIpc) is 2.38. The summed E-state index contributed by atoms with van der Waals surface area (Å²) in [6.45, 7) is 2.68. The summed E-state index contributed by atoms with van der Waals surface area (Å²) in [7, 11) is 1.36. The van der Waals surface area contributed by atoms with Gasteiger partial charge in [0.25, 0.3) is 0 Å². The smallest absolute Gasteiger partial charge is 0.307 e. The Balaban J connectivity index is 2.97. The van der Waals surface area contributed by atoms with Gasteiger partial charge in [0.15, 0.2) is 0 Å². The molecule has 0 radical (unpaired) electrons. The zero-order valence-electron chi connectivity index (χ0n) is 10.1. The van der Waals surface area contributed by atoms with Crippen LogP contribution in [0.4, 0.5) is 0 Å². The molecule has 0 unspecified atom stereocenters. The first-order valence-corrected chi connectivity index (χ1v) is 5.52. The van der Waals surface area contributed by atoms with E-state index in [4.69, 9.17) is 5.26 Å². The highest BCUT2D eigenvalue weighted by Crippen LogP contribution is 2.20. The predicted molar refractivity (Wildman–Crippen MR) is 64.2 cm³/mol. The average molecular weight is 232 g/mol. The highest BCUT2D eigenvalue weighted by molar-refractivity contribution is 5.70. The number of benzene rings is 1. The van der Waals surface area contributed by atoms with E-state index in [2.05, 4.69) is 16.1 Å². The zero-order valence-corrected chi connectivity index (χ0v) is 10.1. The van der Waals surface area contributed by atoms with Crippen molar-refractivity contribution >= 4 is 5.97 Å². The largest absolute Gasteiger partial charge is 0.469 e. The summed E-state index contributed by atoms with van der Waals surface area (Å²) in [5.41, 5.74) is 1.42. The van der Waals surface area contributed by atoms with Crippen LogP contribution in [0.1, 0.15) is 30.5 Å². The maximum atomic E-state index is 11.3. The first kappa shape index (κ1) is 13.2. The van der Waals surface area contributed by atoms with Crippen LogP contribution in [0.3, 0.4) is 0 Å². The van der Waals surface area contributed by atoms with E-state index in [1.165, 1.54) is 7.11 Å². The quantitative estimate of drug-likeness (QED) is 0.786. The summed E-state index contributed by atoms with van der Waals surface area (Å²) < 4.78 is 4.66. The molecule has 0 saturated carbocycles. The van der Waals surface area contributed by atoms with E-state index in [-0.39, 0.29) is 18.4 Å². The lowest BCUT2D eigenvalue weighted by atomic mass is 9.98. The maximum absolute atomic E-state index is 11.3. The number of nitriles is 1. The van der Waals surface area contributed by atoms with E-state index in [1.807, 2.05) is 25.1 Å². The van der Waals surface area contributed by atoms with Crippen molar-refractivity contribution in [2.75, 3.05) is 13.7 Å². The molecule has 4 heteroatoms. The molecule has 90 valence electrons. The van der Waals surface area contributed by atoms with Crippen LogP contribution >= 0.6 is 0 Å². The summed E-state index contributed by atoms with van der Waals surface area (Å²) in [5.74, 6) is -0.288. The fourth-order valence-corrected chi connectivity index (χ4v) is 1.69. The van der Waals surface area contributed by atoms with E-state index >= 15 is 0 Å². The van der Waals surface area contributed by atoms with Crippen molar-refractivity contribution in [2.24, 2.45) is 0 Å². The number of methoxy groups -OCH3 is 1. The molecule has 1 atom stereocenters. The number of rotatable bonds is 5. The SMILES string of the molecule is CCN[C@H](CC(=O)OC)c1ccccc1C#N. The standard InChI is InChI=1S/C13H16N2O2/c1-3-15-12(8-13(16)17-2)11-7-5-4-6-10(11)9-14/h4-7,12,15H,3,8H2,1-2H3/t12-/m1/s1. The van der Waals surface area contributed by atoms with Crippen LogP contribution in [0.25, 0.3) is 0 Å². The van der Waals surface area contributed by atoms with Crippen molar-refractivity contribution in [3.05, 3.63) is 35.4 Å². The number of nitrogens with one attached hydrogen (secondary N) is 1. The summed E-state index contributed by atoms with van der Waals surface area (Å²) >= 11 is 0. The molecule has 0 aliphatic carbocycles. The molecule has 1 N–H and O–H groups in total. The molecular weight excluding hydrogens is 216 g/mol. The van der Waals surface area contributed by atoms with E-state index in [0.29, 0.717) is 5.56 Å². The minimum atomic E-state index is -0.288. The fourth-order valence-electron chi connectivity index (χ4n) is 1.69. The van der Waals surface area contributed by atoms with Gasteiger partial charge < -0.3 is 10.1 Å². The second-order valence-corrected chi connectivity index (χ2v) is 3.59. The summed E-state index contributed by atoms with van der Waals surface area (Å²) in [5, 5.41) is 12.2. The highest BCUT2D eigenvalue weighted by atomic mass is 16.5. The molecule has 0 heterocycles. The monoisotopic (exact) mass is 232 g/mol. The Hall–Kier alpha value is -1.86. The third-order valence-electron chi connectivity index (χ3n) is 2.51. The zero-order chi connectivity index (χ0) is 12.7. The lowest BCUT2D eigenvalue weighted by molar-refractivity contribution is -0.141. The van der Waals surface area contributed by atoms with Crippen LogP contribution < -0.4 is 5.32 Å². The van der Waals surface area contributed by atoms with E-state index in [0.717, 1.165) is 12.1 Å². The highest BCUT2D eigenvalue weighted by Gasteiger charge is 2.17. The molecule has 0 aliphatic heterocycles. The van der Waals surface area contributed by atoms with Gasteiger partial charge in [0.2, 0.25) is 0 Å². The molecular formula is C13H16N2O2. The number of hydrogen-bond acceptors (Lipinski definition) is 4. The number of carbonyl (C=O) groups excluding carboxylic acids is 1. The summed E-state index contributed by atoms with van der Waals surface area (Å²) in [6, 6.07) is 9.23. The van der Waals surface area contributed by atoms with Gasteiger partial charge in [-0.1, -0.05) is 25.1 Å². The van der Waals surface area contributed by atoms with E-state index < -0.39 is 0 Å². The lowest BCUT2D eigenvalue weighted by Gasteiger charge is -2.18. The van der Waals surface area contributed by atoms with Crippen molar-refractivity contribution in [1.29, 1.82) is 5.26 Å². The second kappa shape index (κ2) is 6.66. The molecule has 0 aromatic heterocycles. The van der Waals surface area contributed by atoms with Gasteiger partial charge in [0.05, 0.1) is 25.2 Å². The molecule has 0 amide bonds. The van der Waals surface area contributed by atoms with Crippen molar-refractivity contribution in [3.63, 3.8) is 0 Å². The molecule has 0 saturated heterocycles. The molecule has 17 heavy (non-hydrogen) atoms. The molecule has 1 aromatic rings. The Morgan fingerprint density at radius 2 is 2.24 bits per heavy atom. The number of ether oxygens (including phenoxy) is 1. The summed E-state index contributed by atoms with van der Waals surface area (Å²) in [4.78, 5) is 11.3. The number of hydrogen-bond donors (Lipinski definition) is 1. The van der Waals surface area contributed by atoms with E-state index in [1.54, 1.807) is 6.07 Å². The Bertz CT molecular complexity index is 424. The Labute approximate surface area is 101 Å². The molecule has 0 aliphatic rings. The Morgan fingerprint density at radius 1 is 1.53 bits per heavy atom. The number of nitrogens with zero attached hydrogens (tertiary/aromatic N) is 1. The van der Waals surface area contributed by atoms with Gasteiger partial charge in [-0.05, 0) is 18.2 Å². The number of carbonyl (C=O) groups is 1. The first-order chi connectivity index (χ1) is 8.22. The summed E-state index contributed by atoms with van der Waals surface area (Å²) in [6.07, 6.45) is 0.225.